The highest BCUT2D eigenvalue weighted by atomic mass is 19.1. The summed E-state index contributed by atoms with van der Waals surface area (Å²) in [5, 5.41) is 11.6. The molecule has 0 bridgehead atoms. The van der Waals surface area contributed by atoms with Crippen molar-refractivity contribution in [3.05, 3.63) is 42.2 Å². The highest BCUT2D eigenvalue weighted by molar-refractivity contribution is 6.04. The molecule has 1 fully saturated rings. The van der Waals surface area contributed by atoms with Crippen LogP contribution in [0.15, 0.2) is 35.0 Å². The van der Waals surface area contributed by atoms with E-state index in [2.05, 4.69) is 20.8 Å². The summed E-state index contributed by atoms with van der Waals surface area (Å²) < 4.78 is 19.6. The molecule has 110 valence electrons. The molecule has 0 spiro atoms. The molecule has 1 aliphatic heterocycles. The molecule has 1 atom stereocenters. The number of halogens is 1. The summed E-state index contributed by atoms with van der Waals surface area (Å²) in [7, 11) is 0. The molecule has 2 aromatic heterocycles. The number of furan rings is 1. The van der Waals surface area contributed by atoms with Gasteiger partial charge in [0.05, 0.1) is 6.20 Å². The summed E-state index contributed by atoms with van der Waals surface area (Å²) in [4.78, 5) is 22.8. The molecule has 1 aliphatic rings. The Balaban J connectivity index is 1.81. The maximum absolute atomic E-state index is 14.2. The standard InChI is InChI=1S/C14H9FN4O3/c15-9-3-10-6(1-8(9)7-4-16-17-5-7)2-11(22-10)12-13(20)19-14(21)18-12/h1-5,12H,(H,16,17)(H2,18,19,20,21). The molecule has 4 rings (SSSR count). The van der Waals surface area contributed by atoms with E-state index in [1.165, 1.54) is 12.3 Å². The number of carbonyl (C=O) groups excluding carboxylic acids is 2. The average molecular weight is 300 g/mol. The third kappa shape index (κ3) is 1.85. The van der Waals surface area contributed by atoms with Crippen LogP contribution < -0.4 is 10.6 Å². The molecule has 7 nitrogen and oxygen atoms in total. The SMILES string of the molecule is O=C1NC(=O)C(c2cc3cc(-c4cn[nH]c4)c(F)cc3o2)N1. The van der Waals surface area contributed by atoms with Crippen LogP contribution in [0.5, 0.6) is 0 Å². The van der Waals surface area contributed by atoms with Crippen molar-refractivity contribution < 1.29 is 18.4 Å². The second kappa shape index (κ2) is 4.42. The van der Waals surface area contributed by atoms with E-state index in [0.29, 0.717) is 22.1 Å². The number of urea groups is 1. The molecule has 1 unspecified atom stereocenters. The van der Waals surface area contributed by atoms with Crippen LogP contribution >= 0.6 is 0 Å². The number of amides is 3. The van der Waals surface area contributed by atoms with E-state index in [-0.39, 0.29) is 5.76 Å². The first-order chi connectivity index (χ1) is 10.6. The summed E-state index contributed by atoms with van der Waals surface area (Å²) in [6, 6.07) is 2.97. The Bertz CT molecular complexity index is 900. The van der Waals surface area contributed by atoms with Crippen molar-refractivity contribution >= 4 is 22.9 Å². The van der Waals surface area contributed by atoms with Crippen molar-refractivity contribution in [3.8, 4) is 11.1 Å². The predicted octanol–water partition coefficient (Wildman–Crippen LogP) is 1.84. The van der Waals surface area contributed by atoms with Gasteiger partial charge < -0.3 is 9.73 Å². The molecule has 1 saturated heterocycles. The second-order valence-electron chi connectivity index (χ2n) is 4.90. The second-order valence-corrected chi connectivity index (χ2v) is 4.90. The Morgan fingerprint density at radius 3 is 2.77 bits per heavy atom. The fraction of sp³-hybridized carbons (Fsp3) is 0.0714. The highest BCUT2D eigenvalue weighted by Crippen LogP contribution is 2.31. The zero-order valence-corrected chi connectivity index (χ0v) is 11.0. The molecule has 22 heavy (non-hydrogen) atoms. The van der Waals surface area contributed by atoms with Gasteiger partial charge in [0.15, 0.2) is 6.04 Å². The maximum atomic E-state index is 14.2. The van der Waals surface area contributed by atoms with Crippen LogP contribution in [0.3, 0.4) is 0 Å². The third-order valence-corrected chi connectivity index (χ3v) is 3.49. The van der Waals surface area contributed by atoms with E-state index in [1.54, 1.807) is 18.3 Å². The Labute approximate surface area is 122 Å². The van der Waals surface area contributed by atoms with Crippen LogP contribution in [-0.4, -0.2) is 22.1 Å². The van der Waals surface area contributed by atoms with E-state index < -0.39 is 23.8 Å². The quantitative estimate of drug-likeness (QED) is 0.629. The molecule has 0 saturated carbocycles. The first-order valence-electron chi connectivity index (χ1n) is 6.45. The molecule has 1 aromatic carbocycles. The van der Waals surface area contributed by atoms with Crippen molar-refractivity contribution in [1.29, 1.82) is 0 Å². The van der Waals surface area contributed by atoms with Gasteiger partial charge in [0.1, 0.15) is 17.2 Å². The van der Waals surface area contributed by atoms with E-state index in [4.69, 9.17) is 4.42 Å². The van der Waals surface area contributed by atoms with Crippen molar-refractivity contribution in [2.75, 3.05) is 0 Å². The molecule has 3 aromatic rings. The number of benzene rings is 1. The number of aromatic amines is 1. The smallest absolute Gasteiger partial charge is 0.322 e. The van der Waals surface area contributed by atoms with Gasteiger partial charge in [-0.3, -0.25) is 15.2 Å². The van der Waals surface area contributed by atoms with E-state index in [1.807, 2.05) is 0 Å². The summed E-state index contributed by atoms with van der Waals surface area (Å²) in [6.45, 7) is 0. The van der Waals surface area contributed by atoms with Crippen LogP contribution in [-0.2, 0) is 4.79 Å². The lowest BCUT2D eigenvalue weighted by Gasteiger charge is -2.01. The largest absolute Gasteiger partial charge is 0.458 e. The lowest BCUT2D eigenvalue weighted by molar-refractivity contribution is -0.120. The van der Waals surface area contributed by atoms with E-state index in [0.717, 1.165) is 0 Å². The van der Waals surface area contributed by atoms with Gasteiger partial charge in [0.2, 0.25) is 0 Å². The third-order valence-electron chi connectivity index (χ3n) is 3.49. The van der Waals surface area contributed by atoms with Crippen molar-refractivity contribution in [3.63, 3.8) is 0 Å². The summed E-state index contributed by atoms with van der Waals surface area (Å²) >= 11 is 0. The monoisotopic (exact) mass is 300 g/mol. The predicted molar refractivity (Wildman–Crippen MR) is 73.2 cm³/mol. The number of imide groups is 1. The number of hydrogen-bond acceptors (Lipinski definition) is 4. The molecule has 0 radical (unpaired) electrons. The van der Waals surface area contributed by atoms with Gasteiger partial charge in [-0.05, 0) is 12.1 Å². The van der Waals surface area contributed by atoms with Crippen molar-refractivity contribution in [1.82, 2.24) is 20.8 Å². The van der Waals surface area contributed by atoms with Crippen LogP contribution in [0.4, 0.5) is 9.18 Å². The summed E-state index contributed by atoms with van der Waals surface area (Å²) in [6.07, 6.45) is 3.09. The molecule has 8 heteroatoms. The zero-order valence-electron chi connectivity index (χ0n) is 11.0. The number of H-pyrrole nitrogens is 1. The van der Waals surface area contributed by atoms with Gasteiger partial charge in [0.25, 0.3) is 5.91 Å². The van der Waals surface area contributed by atoms with Gasteiger partial charge in [-0.1, -0.05) is 0 Å². The first kappa shape index (κ1) is 12.6. The fourth-order valence-corrected chi connectivity index (χ4v) is 2.46. The topological polar surface area (TPSA) is 100 Å². The molecule has 3 amide bonds. The molecule has 3 heterocycles. The van der Waals surface area contributed by atoms with Crippen LogP contribution in [0.1, 0.15) is 11.8 Å². The Kier molecular flexibility index (Phi) is 2.52. The number of rotatable bonds is 2. The van der Waals surface area contributed by atoms with Gasteiger partial charge in [-0.2, -0.15) is 5.10 Å². The van der Waals surface area contributed by atoms with Crippen molar-refractivity contribution in [2.24, 2.45) is 0 Å². The number of hydrogen-bond donors (Lipinski definition) is 3. The van der Waals surface area contributed by atoms with Crippen LogP contribution in [0.2, 0.25) is 0 Å². The fourth-order valence-electron chi connectivity index (χ4n) is 2.46. The average Bonchev–Trinajstić information content (AvgIpc) is 3.17. The molecular formula is C14H9FN4O3. The number of nitrogens with zero attached hydrogens (tertiary/aromatic N) is 1. The number of nitrogens with one attached hydrogen (secondary N) is 3. The summed E-state index contributed by atoms with van der Waals surface area (Å²) in [5.41, 5.74) is 1.27. The van der Waals surface area contributed by atoms with Crippen LogP contribution in [0.25, 0.3) is 22.1 Å². The first-order valence-corrected chi connectivity index (χ1v) is 6.45. The minimum Gasteiger partial charge on any atom is -0.458 e. The van der Waals surface area contributed by atoms with Gasteiger partial charge in [-0.15, -0.1) is 0 Å². The van der Waals surface area contributed by atoms with Gasteiger partial charge in [-0.25, -0.2) is 9.18 Å². The van der Waals surface area contributed by atoms with Gasteiger partial charge in [0, 0.05) is 28.8 Å². The normalized spacial score (nSPS) is 17.8. The van der Waals surface area contributed by atoms with E-state index in [9.17, 15) is 14.0 Å². The maximum Gasteiger partial charge on any atom is 0.322 e. The van der Waals surface area contributed by atoms with Crippen molar-refractivity contribution in [2.45, 2.75) is 6.04 Å². The zero-order chi connectivity index (χ0) is 15.3. The molecule has 3 N–H and O–H groups in total. The minimum absolute atomic E-state index is 0.252. The van der Waals surface area contributed by atoms with E-state index >= 15 is 0 Å². The number of fused-ring (bicyclic) bond motifs is 1. The lowest BCUT2D eigenvalue weighted by Crippen LogP contribution is -2.22. The Morgan fingerprint density at radius 2 is 2.09 bits per heavy atom. The number of carbonyl (C=O) groups is 2. The Hall–Kier alpha value is -3.16. The number of aromatic nitrogens is 2. The summed E-state index contributed by atoms with van der Waals surface area (Å²) in [5.74, 6) is -0.712. The Morgan fingerprint density at radius 1 is 1.23 bits per heavy atom. The van der Waals surface area contributed by atoms with Gasteiger partial charge >= 0.3 is 6.03 Å². The molecular weight excluding hydrogens is 291 g/mol. The molecule has 0 aliphatic carbocycles. The minimum atomic E-state index is -0.902. The highest BCUT2D eigenvalue weighted by Gasteiger charge is 2.33. The van der Waals surface area contributed by atoms with Crippen LogP contribution in [0, 0.1) is 5.82 Å². The lowest BCUT2D eigenvalue weighted by atomic mass is 10.1.